The number of rotatable bonds is 4. The molecule has 4 N–H and O–H groups in total. The Morgan fingerprint density at radius 1 is 1.17 bits per heavy atom. The Hall–Kier alpha value is -3.46. The maximum Gasteiger partial charge on any atom is 0.325 e. The molecule has 154 valence electrons. The van der Waals surface area contributed by atoms with Gasteiger partial charge >= 0.3 is 5.69 Å². The molecular formula is C21H24N8O. The molecule has 4 heterocycles. The molecule has 1 aliphatic rings. The number of H-pyrrole nitrogens is 2. The Kier molecular flexibility index (Phi) is 4.39. The molecule has 1 saturated heterocycles. The van der Waals surface area contributed by atoms with Gasteiger partial charge < -0.3 is 15.6 Å². The summed E-state index contributed by atoms with van der Waals surface area (Å²) in [4.78, 5) is 28.0. The highest BCUT2D eigenvalue weighted by Gasteiger charge is 2.36. The number of aromatic nitrogens is 6. The minimum Gasteiger partial charge on any atom is -0.355 e. The van der Waals surface area contributed by atoms with Gasteiger partial charge in [0.1, 0.15) is 11.8 Å². The van der Waals surface area contributed by atoms with Crippen LogP contribution in [0.25, 0.3) is 22.3 Å². The number of aryl methyl sites for hydroxylation is 1. The van der Waals surface area contributed by atoms with Crippen molar-refractivity contribution in [1.29, 1.82) is 0 Å². The van der Waals surface area contributed by atoms with Gasteiger partial charge in [-0.2, -0.15) is 5.10 Å². The van der Waals surface area contributed by atoms with E-state index >= 15 is 0 Å². The fraction of sp³-hybridized carbons (Fsp3) is 0.333. The maximum atomic E-state index is 11.7. The lowest BCUT2D eigenvalue weighted by atomic mass is 9.72. The van der Waals surface area contributed by atoms with Crippen LogP contribution >= 0.6 is 0 Å². The zero-order chi connectivity index (χ0) is 20.7. The van der Waals surface area contributed by atoms with Crippen molar-refractivity contribution in [3.8, 4) is 11.1 Å². The molecule has 0 unspecified atom stereocenters. The van der Waals surface area contributed by atoms with Crippen LogP contribution in [0.2, 0.25) is 0 Å². The fourth-order valence-corrected chi connectivity index (χ4v) is 4.43. The second-order valence-electron chi connectivity index (χ2n) is 7.95. The van der Waals surface area contributed by atoms with E-state index in [0.717, 1.165) is 42.9 Å². The van der Waals surface area contributed by atoms with Crippen molar-refractivity contribution < 1.29 is 0 Å². The largest absolute Gasteiger partial charge is 0.355 e. The van der Waals surface area contributed by atoms with Gasteiger partial charge in [-0.3, -0.25) is 9.67 Å². The Labute approximate surface area is 173 Å². The highest BCUT2D eigenvalue weighted by atomic mass is 16.1. The maximum absolute atomic E-state index is 11.7. The number of anilines is 1. The molecular weight excluding hydrogens is 380 g/mol. The second-order valence-corrected chi connectivity index (χ2v) is 7.95. The summed E-state index contributed by atoms with van der Waals surface area (Å²) < 4.78 is 1.81. The molecule has 9 nitrogen and oxygen atoms in total. The summed E-state index contributed by atoms with van der Waals surface area (Å²) in [6.07, 6.45) is 7.20. The van der Waals surface area contributed by atoms with Crippen molar-refractivity contribution in [3.63, 3.8) is 0 Å². The van der Waals surface area contributed by atoms with Crippen LogP contribution in [-0.2, 0) is 12.5 Å². The molecule has 1 aromatic carbocycles. The molecule has 30 heavy (non-hydrogen) atoms. The highest BCUT2D eigenvalue weighted by Crippen LogP contribution is 2.38. The topological polar surface area (TPSA) is 122 Å². The predicted molar refractivity (Wildman–Crippen MR) is 115 cm³/mol. The van der Waals surface area contributed by atoms with E-state index < -0.39 is 0 Å². The van der Waals surface area contributed by atoms with E-state index in [1.807, 2.05) is 24.1 Å². The lowest BCUT2D eigenvalue weighted by molar-refractivity contribution is 0.339. The van der Waals surface area contributed by atoms with E-state index in [1.54, 1.807) is 0 Å². The number of nitrogens with zero attached hydrogens (tertiary/aromatic N) is 5. The number of hydrogen-bond donors (Lipinski definition) is 3. The summed E-state index contributed by atoms with van der Waals surface area (Å²) in [6.45, 7) is 2.18. The number of aromatic amines is 2. The van der Waals surface area contributed by atoms with Gasteiger partial charge in [-0.05, 0) is 24.0 Å². The van der Waals surface area contributed by atoms with Gasteiger partial charge in [0, 0.05) is 43.9 Å². The van der Waals surface area contributed by atoms with Gasteiger partial charge in [-0.1, -0.05) is 24.3 Å². The fourth-order valence-electron chi connectivity index (χ4n) is 4.43. The van der Waals surface area contributed by atoms with Crippen molar-refractivity contribution in [2.24, 2.45) is 12.8 Å². The average molecular weight is 404 g/mol. The predicted octanol–water partition coefficient (Wildman–Crippen LogP) is 1.54. The molecule has 0 bridgehead atoms. The van der Waals surface area contributed by atoms with Crippen molar-refractivity contribution in [2.45, 2.75) is 18.3 Å². The Morgan fingerprint density at radius 2 is 2.00 bits per heavy atom. The summed E-state index contributed by atoms with van der Waals surface area (Å²) in [7, 11) is 1.92. The van der Waals surface area contributed by atoms with Crippen LogP contribution < -0.4 is 16.3 Å². The number of fused-ring (bicyclic) bond motifs is 1. The molecule has 4 aromatic rings. The molecule has 9 heteroatoms. The molecule has 3 aromatic heterocycles. The van der Waals surface area contributed by atoms with Crippen LogP contribution in [0.15, 0.2) is 47.8 Å². The number of nitrogens with two attached hydrogens (primary N) is 1. The molecule has 0 spiro atoms. The number of benzene rings is 1. The Morgan fingerprint density at radius 3 is 2.73 bits per heavy atom. The monoisotopic (exact) mass is 404 g/mol. The van der Waals surface area contributed by atoms with E-state index in [4.69, 9.17) is 5.73 Å². The van der Waals surface area contributed by atoms with E-state index in [-0.39, 0.29) is 11.1 Å². The van der Waals surface area contributed by atoms with Gasteiger partial charge in [0.05, 0.1) is 6.20 Å². The number of hydrogen-bond acceptors (Lipinski definition) is 6. The zero-order valence-electron chi connectivity index (χ0n) is 16.8. The Balaban J connectivity index is 1.43. The van der Waals surface area contributed by atoms with Crippen LogP contribution in [-0.4, -0.2) is 49.4 Å². The molecule has 0 radical (unpaired) electrons. The van der Waals surface area contributed by atoms with Gasteiger partial charge in [0.15, 0.2) is 11.5 Å². The van der Waals surface area contributed by atoms with E-state index in [0.29, 0.717) is 17.7 Å². The normalized spacial score (nSPS) is 16.3. The van der Waals surface area contributed by atoms with Crippen molar-refractivity contribution in [2.75, 3.05) is 24.5 Å². The first-order valence-electron chi connectivity index (χ1n) is 10.1. The first-order chi connectivity index (χ1) is 14.6. The van der Waals surface area contributed by atoms with Gasteiger partial charge in [-0.25, -0.2) is 14.8 Å². The lowest BCUT2D eigenvalue weighted by Crippen LogP contribution is -2.47. The molecule has 0 amide bonds. The standard InChI is InChI=1S/C21H24N8O/c1-28-11-15(10-25-28)14-3-2-4-16(9-14)21(12-22)5-7-29(8-6-21)19-17-18(23-13-24-19)27-20(30)26-17/h2-4,9-11,13H,5-8,12,22H2,1H3,(H2,23,24,26,27,30). The van der Waals surface area contributed by atoms with Crippen LogP contribution in [0.3, 0.4) is 0 Å². The summed E-state index contributed by atoms with van der Waals surface area (Å²) in [5.74, 6) is 0.757. The summed E-state index contributed by atoms with van der Waals surface area (Å²) in [5.41, 5.74) is 10.7. The van der Waals surface area contributed by atoms with E-state index in [1.165, 1.54) is 11.9 Å². The molecule has 0 atom stereocenters. The zero-order valence-corrected chi connectivity index (χ0v) is 16.8. The van der Waals surface area contributed by atoms with E-state index in [9.17, 15) is 4.79 Å². The van der Waals surface area contributed by atoms with Gasteiger partial charge in [-0.15, -0.1) is 0 Å². The molecule has 0 saturated carbocycles. The van der Waals surface area contributed by atoms with Crippen LogP contribution in [0.1, 0.15) is 18.4 Å². The molecule has 1 fully saturated rings. The highest BCUT2D eigenvalue weighted by molar-refractivity contribution is 5.82. The third kappa shape index (κ3) is 3.07. The van der Waals surface area contributed by atoms with Crippen molar-refractivity contribution >= 4 is 17.0 Å². The first-order valence-corrected chi connectivity index (χ1v) is 10.1. The van der Waals surface area contributed by atoms with Crippen molar-refractivity contribution in [1.82, 2.24) is 29.7 Å². The number of nitrogens with one attached hydrogen (secondary N) is 2. The minimum absolute atomic E-state index is 0.0909. The number of imidazole rings is 1. The quantitative estimate of drug-likeness (QED) is 0.474. The Bertz CT molecular complexity index is 1250. The molecule has 1 aliphatic heterocycles. The minimum atomic E-state index is -0.271. The second kappa shape index (κ2) is 7.10. The third-order valence-electron chi connectivity index (χ3n) is 6.22. The third-order valence-corrected chi connectivity index (χ3v) is 6.22. The SMILES string of the molecule is Cn1cc(-c2cccc(C3(CN)CCN(c4ncnc5[nH]c(=O)[nH]c45)CC3)c2)cn1. The van der Waals surface area contributed by atoms with Crippen LogP contribution in [0, 0.1) is 0 Å². The lowest BCUT2D eigenvalue weighted by Gasteiger charge is -2.42. The average Bonchev–Trinajstić information content (AvgIpc) is 3.38. The first kappa shape index (κ1) is 18.6. The van der Waals surface area contributed by atoms with E-state index in [2.05, 4.69) is 54.2 Å². The van der Waals surface area contributed by atoms with Gasteiger partial charge in [0.25, 0.3) is 0 Å². The number of piperidine rings is 1. The summed E-state index contributed by atoms with van der Waals surface area (Å²) in [5, 5.41) is 4.29. The summed E-state index contributed by atoms with van der Waals surface area (Å²) in [6, 6.07) is 8.63. The molecule has 0 aliphatic carbocycles. The van der Waals surface area contributed by atoms with Crippen LogP contribution in [0.5, 0.6) is 0 Å². The smallest absolute Gasteiger partial charge is 0.325 e. The summed E-state index contributed by atoms with van der Waals surface area (Å²) >= 11 is 0. The van der Waals surface area contributed by atoms with Gasteiger partial charge in [0.2, 0.25) is 0 Å². The molecule has 5 rings (SSSR count). The van der Waals surface area contributed by atoms with Crippen LogP contribution in [0.4, 0.5) is 5.82 Å². The van der Waals surface area contributed by atoms with Crippen molar-refractivity contribution in [3.05, 3.63) is 59.0 Å².